The number of hydrogen-bond acceptors (Lipinski definition) is 4. The lowest BCUT2D eigenvalue weighted by atomic mass is 9.98. The zero-order valence-corrected chi connectivity index (χ0v) is 42.6. The van der Waals surface area contributed by atoms with E-state index in [-0.39, 0.29) is 5.91 Å². The van der Waals surface area contributed by atoms with Gasteiger partial charge in [0.1, 0.15) is 11.2 Å². The highest BCUT2D eigenvalue weighted by molar-refractivity contribution is 6.09. The lowest BCUT2D eigenvalue weighted by Gasteiger charge is -2.27. The second-order valence-electron chi connectivity index (χ2n) is 19.4. The Morgan fingerprint density at radius 3 is 1.19 bits per heavy atom. The van der Waals surface area contributed by atoms with Crippen LogP contribution in [-0.4, -0.2) is 5.91 Å². The van der Waals surface area contributed by atoms with Gasteiger partial charge in [-0.25, -0.2) is 0 Å². The number of nitrogens with zero attached hydrogens (tertiary/aromatic N) is 2. The number of amides is 1. The maximum absolute atomic E-state index is 11.9. The van der Waals surface area contributed by atoms with Gasteiger partial charge in [-0.15, -0.1) is 0 Å². The molecule has 0 spiro atoms. The van der Waals surface area contributed by atoms with E-state index in [4.69, 9.17) is 4.42 Å². The van der Waals surface area contributed by atoms with Crippen molar-refractivity contribution in [2.24, 2.45) is 0 Å². The maximum atomic E-state index is 11.9. The van der Waals surface area contributed by atoms with Gasteiger partial charge in [-0.3, -0.25) is 4.79 Å². The lowest BCUT2D eigenvalue weighted by molar-refractivity contribution is -0.111. The number of carbonyl (C=O) groups excluding carboxylic acids is 1. The number of nitrogens with one attached hydrogen (secondary N) is 1. The Kier molecular flexibility index (Phi) is 12.5. The quantitative estimate of drug-likeness (QED) is 0.117. The van der Waals surface area contributed by atoms with Crippen LogP contribution in [0.5, 0.6) is 0 Å². The van der Waals surface area contributed by atoms with Gasteiger partial charge in [0, 0.05) is 56.1 Å². The van der Waals surface area contributed by atoms with Crippen LogP contribution < -0.4 is 15.1 Å². The molecule has 0 aliphatic heterocycles. The molecule has 13 rings (SSSR count). The van der Waals surface area contributed by atoms with Crippen LogP contribution in [0.4, 0.5) is 39.8 Å². The zero-order valence-electron chi connectivity index (χ0n) is 42.6. The highest BCUT2D eigenvalue weighted by Crippen LogP contribution is 2.42. The molecule has 0 fully saturated rings. The fourth-order valence-corrected chi connectivity index (χ4v) is 10.7. The highest BCUT2D eigenvalue weighted by Gasteiger charge is 2.18. The van der Waals surface area contributed by atoms with E-state index in [0.717, 1.165) is 101 Å². The normalized spacial score (nSPS) is 11.2. The summed E-state index contributed by atoms with van der Waals surface area (Å²) in [4.78, 5) is 16.5. The molecule has 0 aliphatic rings. The number of para-hydroxylation sites is 2. The van der Waals surface area contributed by atoms with Crippen LogP contribution in [0.15, 0.2) is 302 Å². The molecule has 370 valence electrons. The summed E-state index contributed by atoms with van der Waals surface area (Å²) in [5.74, 6) is -0.236. The minimum Gasteiger partial charge on any atom is -0.455 e. The van der Waals surface area contributed by atoms with Gasteiger partial charge >= 0.3 is 0 Å². The predicted molar refractivity (Wildman–Crippen MR) is 327 cm³/mol. The summed E-state index contributed by atoms with van der Waals surface area (Å²) in [7, 11) is 0. The van der Waals surface area contributed by atoms with Crippen molar-refractivity contribution >= 4 is 78.4 Å². The molecule has 13 aromatic rings. The van der Waals surface area contributed by atoms with Crippen LogP contribution in [0.3, 0.4) is 0 Å². The predicted octanol–water partition coefficient (Wildman–Crippen LogP) is 20.1. The molecule has 1 N–H and O–H groups in total. The number of furan rings is 1. The first-order chi connectivity index (χ1) is 38.5. The average Bonchev–Trinajstić information content (AvgIpc) is 3.91. The van der Waals surface area contributed by atoms with E-state index in [1.807, 2.05) is 36.4 Å². The number of anilines is 7. The number of hydrogen-bond donors (Lipinski definition) is 1. The molecule has 0 atom stereocenters. The second-order valence-corrected chi connectivity index (χ2v) is 19.4. The monoisotopic (exact) mass is 1000 g/mol. The van der Waals surface area contributed by atoms with Crippen molar-refractivity contribution in [3.05, 3.63) is 298 Å². The zero-order chi connectivity index (χ0) is 52.4. The van der Waals surface area contributed by atoms with E-state index < -0.39 is 0 Å². The summed E-state index contributed by atoms with van der Waals surface area (Å²) in [6, 6.07) is 101. The van der Waals surface area contributed by atoms with Gasteiger partial charge < -0.3 is 19.5 Å². The van der Waals surface area contributed by atoms with Crippen molar-refractivity contribution in [1.29, 1.82) is 0 Å². The van der Waals surface area contributed by atoms with Gasteiger partial charge in [0.2, 0.25) is 5.91 Å². The van der Waals surface area contributed by atoms with Crippen molar-refractivity contribution in [3.63, 3.8) is 0 Å². The van der Waals surface area contributed by atoms with Crippen molar-refractivity contribution in [1.82, 2.24) is 0 Å². The van der Waals surface area contributed by atoms with E-state index >= 15 is 0 Å². The first kappa shape index (κ1) is 47.2. The molecule has 0 aliphatic carbocycles. The minimum absolute atomic E-state index is 0.236. The molecule has 0 saturated carbocycles. The summed E-state index contributed by atoms with van der Waals surface area (Å²) in [6.07, 6.45) is 1.27. The van der Waals surface area contributed by atoms with Crippen LogP contribution in [-0.2, 0) is 4.79 Å². The van der Waals surface area contributed by atoms with E-state index in [1.54, 1.807) is 0 Å². The molecule has 1 amide bonds. The van der Waals surface area contributed by atoms with E-state index in [9.17, 15) is 4.79 Å². The van der Waals surface area contributed by atoms with Crippen molar-refractivity contribution in [2.45, 2.75) is 0 Å². The topological polar surface area (TPSA) is 48.7 Å². The molecule has 1 aromatic heterocycles. The van der Waals surface area contributed by atoms with Crippen LogP contribution >= 0.6 is 0 Å². The van der Waals surface area contributed by atoms with Crippen LogP contribution in [0.2, 0.25) is 0 Å². The molecular formula is C73H51N3O2. The Morgan fingerprint density at radius 2 is 0.692 bits per heavy atom. The standard InChI is InChI=1S/C73H51N3O2/c1-2-72(77)74-59-36-22-51(23-37-59)53-26-40-61(41-27-53)75(64-46-32-57(33-47-64)67-18-10-15-56-14-6-7-16-66(56)67)62-42-28-54(29-43-62)55-30-44-63(45-31-55)76(60-38-24-52(25-39-60)50-12-4-3-5-13-50)65-48-34-58(35-49-65)68-19-11-20-70-69-17-8-9-21-71(69)78-73(68)70/h2-49H,1H2,(H,74,77). The van der Waals surface area contributed by atoms with Gasteiger partial charge in [0.25, 0.3) is 0 Å². The molecule has 0 unspecified atom stereocenters. The first-order valence-corrected chi connectivity index (χ1v) is 26.2. The minimum atomic E-state index is -0.236. The van der Waals surface area contributed by atoms with Crippen molar-refractivity contribution in [3.8, 4) is 55.6 Å². The fraction of sp³-hybridized carbons (Fsp3) is 0. The third kappa shape index (κ3) is 9.27. The summed E-state index contributed by atoms with van der Waals surface area (Å²) < 4.78 is 6.44. The molecule has 0 bridgehead atoms. The third-order valence-corrected chi connectivity index (χ3v) is 14.7. The summed E-state index contributed by atoms with van der Waals surface area (Å²) in [6.45, 7) is 3.57. The molecular weight excluding hydrogens is 951 g/mol. The van der Waals surface area contributed by atoms with E-state index in [2.05, 4.69) is 270 Å². The number of benzene rings is 12. The average molecular weight is 1000 g/mol. The molecule has 5 heteroatoms. The van der Waals surface area contributed by atoms with Crippen LogP contribution in [0.25, 0.3) is 88.3 Å². The maximum Gasteiger partial charge on any atom is 0.247 e. The molecule has 0 radical (unpaired) electrons. The lowest BCUT2D eigenvalue weighted by Crippen LogP contribution is -2.10. The molecule has 1 heterocycles. The molecule has 0 saturated heterocycles. The number of rotatable bonds is 13. The van der Waals surface area contributed by atoms with Crippen LogP contribution in [0, 0.1) is 0 Å². The third-order valence-electron chi connectivity index (χ3n) is 14.7. The van der Waals surface area contributed by atoms with Gasteiger partial charge in [-0.2, -0.15) is 0 Å². The van der Waals surface area contributed by atoms with Gasteiger partial charge in [-0.1, -0.05) is 201 Å². The molecule has 12 aromatic carbocycles. The molecule has 78 heavy (non-hydrogen) atoms. The van der Waals surface area contributed by atoms with Crippen LogP contribution in [0.1, 0.15) is 0 Å². The van der Waals surface area contributed by atoms with Gasteiger partial charge in [0.05, 0.1) is 0 Å². The largest absolute Gasteiger partial charge is 0.455 e. The van der Waals surface area contributed by atoms with Gasteiger partial charge in [-0.05, 0) is 158 Å². The Balaban J connectivity index is 0.819. The fourth-order valence-electron chi connectivity index (χ4n) is 10.7. The summed E-state index contributed by atoms with van der Waals surface area (Å²) in [5, 5.41) is 7.53. The second kappa shape index (κ2) is 20.7. The SMILES string of the molecule is C=CC(=O)Nc1ccc(-c2ccc(N(c3ccc(-c4ccc(N(c5ccc(-c6ccccc6)cc5)c5ccc(-c6cccc7c6oc6ccccc67)cc5)cc4)cc3)c3ccc(-c4cccc5ccccc45)cc3)cc2)cc1. The summed E-state index contributed by atoms with van der Waals surface area (Å²) >= 11 is 0. The Hall–Kier alpha value is -10.5. The highest BCUT2D eigenvalue weighted by atomic mass is 16.3. The van der Waals surface area contributed by atoms with Gasteiger partial charge in [0.15, 0.2) is 0 Å². The first-order valence-electron chi connectivity index (χ1n) is 26.2. The van der Waals surface area contributed by atoms with E-state index in [0.29, 0.717) is 0 Å². The van der Waals surface area contributed by atoms with E-state index in [1.165, 1.54) is 33.5 Å². The smallest absolute Gasteiger partial charge is 0.247 e. The Labute approximate surface area is 453 Å². The molecule has 5 nitrogen and oxygen atoms in total. The Morgan fingerprint density at radius 1 is 0.333 bits per heavy atom. The summed E-state index contributed by atoms with van der Waals surface area (Å²) in [5.41, 5.74) is 20.0. The number of carbonyl (C=O) groups is 1. The van der Waals surface area contributed by atoms with Crippen molar-refractivity contribution in [2.75, 3.05) is 15.1 Å². The van der Waals surface area contributed by atoms with Crippen molar-refractivity contribution < 1.29 is 9.21 Å². The Bertz CT molecular complexity index is 4260. The number of fused-ring (bicyclic) bond motifs is 4.